The fourth-order valence-corrected chi connectivity index (χ4v) is 1.97. The Morgan fingerprint density at radius 1 is 1.30 bits per heavy atom. The van der Waals surface area contributed by atoms with E-state index >= 15 is 0 Å². The van der Waals surface area contributed by atoms with E-state index in [-0.39, 0.29) is 16.3 Å². The maximum Gasteiger partial charge on any atom is 0.288 e. The Bertz CT molecular complexity index is 661. The topological polar surface area (TPSA) is 76.3 Å². The van der Waals surface area contributed by atoms with Crippen LogP contribution < -0.4 is 4.90 Å². The van der Waals surface area contributed by atoms with Crippen LogP contribution in [0.3, 0.4) is 0 Å². The van der Waals surface area contributed by atoms with Crippen LogP contribution >= 0.6 is 11.6 Å². The van der Waals surface area contributed by atoms with E-state index in [2.05, 4.69) is 4.98 Å². The number of carbonyl (C=O) groups is 1. The van der Waals surface area contributed by atoms with E-state index in [1.807, 2.05) is 0 Å². The summed E-state index contributed by atoms with van der Waals surface area (Å²) in [7, 11) is 1.56. The summed E-state index contributed by atoms with van der Waals surface area (Å²) in [5.41, 5.74) is 0.411. The van der Waals surface area contributed by atoms with Crippen LogP contribution in [0.15, 0.2) is 42.7 Å². The third-order valence-electron chi connectivity index (χ3n) is 2.76. The van der Waals surface area contributed by atoms with Crippen LogP contribution in [0.25, 0.3) is 0 Å². The Morgan fingerprint density at radius 2 is 1.95 bits per heavy atom. The van der Waals surface area contributed by atoms with Crippen molar-refractivity contribution in [3.8, 4) is 0 Å². The van der Waals surface area contributed by atoms with Gasteiger partial charge in [0.25, 0.3) is 11.6 Å². The van der Waals surface area contributed by atoms with Crippen LogP contribution in [-0.2, 0) is 0 Å². The molecule has 0 radical (unpaired) electrons. The molecule has 102 valence electrons. The van der Waals surface area contributed by atoms with Gasteiger partial charge in [0.1, 0.15) is 5.02 Å². The largest absolute Gasteiger partial charge is 0.311 e. The molecular formula is C13H10ClN3O3. The highest BCUT2D eigenvalue weighted by Crippen LogP contribution is 2.29. The summed E-state index contributed by atoms with van der Waals surface area (Å²) < 4.78 is 0. The summed E-state index contributed by atoms with van der Waals surface area (Å²) in [6, 6.07) is 7.45. The van der Waals surface area contributed by atoms with Crippen LogP contribution in [0, 0.1) is 10.1 Å². The van der Waals surface area contributed by atoms with Gasteiger partial charge in [-0.15, -0.1) is 0 Å². The zero-order chi connectivity index (χ0) is 14.7. The maximum absolute atomic E-state index is 12.3. The number of halogens is 1. The summed E-state index contributed by atoms with van der Waals surface area (Å²) in [6.45, 7) is 0. The van der Waals surface area contributed by atoms with Gasteiger partial charge in [-0.1, -0.05) is 17.7 Å². The lowest BCUT2D eigenvalue weighted by molar-refractivity contribution is -0.384. The molecule has 1 aromatic heterocycles. The number of nitrogens with zero attached hydrogens (tertiary/aromatic N) is 3. The van der Waals surface area contributed by atoms with Gasteiger partial charge in [-0.25, -0.2) is 0 Å². The highest BCUT2D eigenvalue weighted by atomic mass is 35.5. The Labute approximate surface area is 119 Å². The standard InChI is InChI=1S/C13H10ClN3O3/c1-16(9-5-7-15-8-6-9)13(18)10-3-2-4-11(12(10)14)17(19)20/h2-8H,1H3. The molecule has 0 spiro atoms. The molecule has 0 aliphatic rings. The maximum atomic E-state index is 12.3. The van der Waals surface area contributed by atoms with E-state index in [1.54, 1.807) is 31.6 Å². The average molecular weight is 292 g/mol. The molecule has 2 aromatic rings. The second-order valence-electron chi connectivity index (χ2n) is 3.97. The van der Waals surface area contributed by atoms with Crippen molar-refractivity contribution in [2.75, 3.05) is 11.9 Å². The van der Waals surface area contributed by atoms with Gasteiger partial charge in [-0.05, 0) is 18.2 Å². The Kier molecular flexibility index (Phi) is 3.95. The van der Waals surface area contributed by atoms with Crippen molar-refractivity contribution >= 4 is 28.9 Å². The van der Waals surface area contributed by atoms with Crippen LogP contribution in [-0.4, -0.2) is 22.9 Å². The van der Waals surface area contributed by atoms with Gasteiger partial charge in [-0.2, -0.15) is 0 Å². The molecule has 0 fully saturated rings. The molecule has 0 saturated heterocycles. The lowest BCUT2D eigenvalue weighted by Gasteiger charge is -2.17. The van der Waals surface area contributed by atoms with E-state index in [9.17, 15) is 14.9 Å². The van der Waals surface area contributed by atoms with Crippen LogP contribution in [0.1, 0.15) is 10.4 Å². The molecule has 6 nitrogen and oxygen atoms in total. The molecule has 2 rings (SSSR count). The van der Waals surface area contributed by atoms with Crippen molar-refractivity contribution < 1.29 is 9.72 Å². The molecule has 0 aliphatic heterocycles. The fraction of sp³-hybridized carbons (Fsp3) is 0.0769. The number of rotatable bonds is 3. The van der Waals surface area contributed by atoms with E-state index < -0.39 is 10.8 Å². The van der Waals surface area contributed by atoms with Crippen molar-refractivity contribution in [1.82, 2.24) is 4.98 Å². The predicted molar refractivity (Wildman–Crippen MR) is 75.1 cm³/mol. The molecule has 7 heteroatoms. The third kappa shape index (κ3) is 2.60. The number of anilines is 1. The van der Waals surface area contributed by atoms with E-state index in [4.69, 9.17) is 11.6 Å². The second-order valence-corrected chi connectivity index (χ2v) is 4.34. The van der Waals surface area contributed by atoms with Crippen molar-refractivity contribution in [3.05, 3.63) is 63.4 Å². The van der Waals surface area contributed by atoms with Gasteiger partial charge in [0.05, 0.1) is 10.5 Å². The van der Waals surface area contributed by atoms with Crippen molar-refractivity contribution in [1.29, 1.82) is 0 Å². The van der Waals surface area contributed by atoms with Gasteiger partial charge in [0.2, 0.25) is 0 Å². The molecule has 0 saturated carbocycles. The lowest BCUT2D eigenvalue weighted by atomic mass is 10.1. The minimum Gasteiger partial charge on any atom is -0.311 e. The van der Waals surface area contributed by atoms with Crippen LogP contribution in [0.2, 0.25) is 5.02 Å². The number of carbonyl (C=O) groups excluding carboxylic acids is 1. The third-order valence-corrected chi connectivity index (χ3v) is 3.16. The smallest absolute Gasteiger partial charge is 0.288 e. The first-order valence-electron chi connectivity index (χ1n) is 5.63. The number of pyridine rings is 1. The van der Waals surface area contributed by atoms with Crippen molar-refractivity contribution in [2.24, 2.45) is 0 Å². The first-order valence-corrected chi connectivity index (χ1v) is 6.01. The number of nitro groups is 1. The van der Waals surface area contributed by atoms with Gasteiger partial charge >= 0.3 is 0 Å². The summed E-state index contributed by atoms with van der Waals surface area (Å²) in [4.78, 5) is 27.8. The Balaban J connectivity index is 2.40. The molecule has 0 bridgehead atoms. The predicted octanol–water partition coefficient (Wildman–Crippen LogP) is 2.92. The monoisotopic (exact) mass is 291 g/mol. The van der Waals surface area contributed by atoms with Crippen LogP contribution in [0.4, 0.5) is 11.4 Å². The number of nitro benzene ring substituents is 1. The lowest BCUT2D eigenvalue weighted by Crippen LogP contribution is -2.26. The van der Waals surface area contributed by atoms with Crippen LogP contribution in [0.5, 0.6) is 0 Å². The summed E-state index contributed by atoms with van der Waals surface area (Å²) in [5.74, 6) is -0.426. The summed E-state index contributed by atoms with van der Waals surface area (Å²) >= 11 is 5.93. The molecule has 1 aromatic carbocycles. The van der Waals surface area contributed by atoms with Gasteiger partial charge in [-0.3, -0.25) is 19.9 Å². The zero-order valence-corrected chi connectivity index (χ0v) is 11.2. The van der Waals surface area contributed by atoms with E-state index in [0.29, 0.717) is 5.69 Å². The first kappa shape index (κ1) is 14.0. The number of amides is 1. The highest BCUT2D eigenvalue weighted by Gasteiger charge is 2.22. The number of benzene rings is 1. The number of hydrogen-bond donors (Lipinski definition) is 0. The molecule has 20 heavy (non-hydrogen) atoms. The Hall–Kier alpha value is -2.47. The summed E-state index contributed by atoms with van der Waals surface area (Å²) in [5, 5.41) is 10.7. The number of hydrogen-bond acceptors (Lipinski definition) is 4. The Morgan fingerprint density at radius 3 is 2.55 bits per heavy atom. The normalized spacial score (nSPS) is 10.1. The van der Waals surface area contributed by atoms with Crippen molar-refractivity contribution in [3.63, 3.8) is 0 Å². The van der Waals surface area contributed by atoms with E-state index in [1.165, 1.54) is 23.1 Å². The molecular weight excluding hydrogens is 282 g/mol. The molecule has 0 N–H and O–H groups in total. The first-order chi connectivity index (χ1) is 9.52. The second kappa shape index (κ2) is 5.66. The average Bonchev–Trinajstić information content (AvgIpc) is 2.46. The van der Waals surface area contributed by atoms with E-state index in [0.717, 1.165) is 0 Å². The minimum atomic E-state index is -0.619. The molecule has 0 atom stereocenters. The zero-order valence-electron chi connectivity index (χ0n) is 10.5. The minimum absolute atomic E-state index is 0.0835. The van der Waals surface area contributed by atoms with Gasteiger partial charge < -0.3 is 4.90 Å². The molecule has 1 heterocycles. The van der Waals surface area contributed by atoms with Crippen molar-refractivity contribution in [2.45, 2.75) is 0 Å². The SMILES string of the molecule is CN(C(=O)c1cccc([N+](=O)[O-])c1Cl)c1ccncc1. The number of aromatic nitrogens is 1. The van der Waals surface area contributed by atoms with Gasteiger partial charge in [0, 0.05) is 31.2 Å². The molecule has 0 aliphatic carbocycles. The van der Waals surface area contributed by atoms with Gasteiger partial charge in [0.15, 0.2) is 0 Å². The fourth-order valence-electron chi connectivity index (χ4n) is 1.69. The highest BCUT2D eigenvalue weighted by molar-refractivity contribution is 6.36. The summed E-state index contributed by atoms with van der Waals surface area (Å²) in [6.07, 6.45) is 3.10. The molecule has 0 unspecified atom stereocenters. The quantitative estimate of drug-likeness (QED) is 0.643. The molecule has 1 amide bonds.